The summed E-state index contributed by atoms with van der Waals surface area (Å²) < 4.78 is 11.9. The molecule has 0 heterocycles. The highest BCUT2D eigenvalue weighted by Gasteiger charge is 2.23. The van der Waals surface area contributed by atoms with Crippen LogP contribution >= 0.6 is 0 Å². The summed E-state index contributed by atoms with van der Waals surface area (Å²) in [7, 11) is -1.56. The summed E-state index contributed by atoms with van der Waals surface area (Å²) >= 11 is 0. The van der Waals surface area contributed by atoms with Gasteiger partial charge in [-0.1, -0.05) is 78.9 Å². The lowest BCUT2D eigenvalue weighted by Gasteiger charge is -2.22. The lowest BCUT2D eigenvalue weighted by atomic mass is 10.2. The second-order valence-electron chi connectivity index (χ2n) is 6.81. The Morgan fingerprint density at radius 1 is 0.720 bits per heavy atom. The summed E-state index contributed by atoms with van der Waals surface area (Å²) in [5.41, 5.74) is 1.13. The number of benzene rings is 3. The van der Waals surface area contributed by atoms with E-state index < -0.39 is 8.07 Å². The van der Waals surface area contributed by atoms with Crippen LogP contribution in [0.25, 0.3) is 0 Å². The van der Waals surface area contributed by atoms with E-state index in [-0.39, 0.29) is 0 Å². The zero-order valence-corrected chi connectivity index (χ0v) is 15.8. The third kappa shape index (κ3) is 5.05. The quantitative estimate of drug-likeness (QED) is 0.550. The fraction of sp³-hybridized carbons (Fsp3) is 0.182. The summed E-state index contributed by atoms with van der Waals surface area (Å²) in [6.45, 7) is 5.30. The van der Waals surface area contributed by atoms with Gasteiger partial charge >= 0.3 is 0 Å². The number of para-hydroxylation sites is 1. The third-order valence-corrected chi connectivity index (χ3v) is 6.99. The molecule has 25 heavy (non-hydrogen) atoms. The lowest BCUT2D eigenvalue weighted by molar-refractivity contribution is 0.160. The standard InChI is InChI=1S/C22H24O2Si/c1-25(2,22-14-7-4-8-15-22)18-23-17-19-10-9-13-21(16-19)24-20-11-5-3-6-12-20/h3-16H,17-18H2,1-2H3. The van der Waals surface area contributed by atoms with Crippen molar-refractivity contribution in [3.05, 3.63) is 90.5 Å². The van der Waals surface area contributed by atoms with Crippen LogP contribution in [0.3, 0.4) is 0 Å². The van der Waals surface area contributed by atoms with Gasteiger partial charge in [-0.15, -0.1) is 0 Å². The smallest absolute Gasteiger partial charge is 0.127 e. The summed E-state index contributed by atoms with van der Waals surface area (Å²) in [4.78, 5) is 0. The van der Waals surface area contributed by atoms with Crippen LogP contribution in [0.15, 0.2) is 84.9 Å². The van der Waals surface area contributed by atoms with Crippen LogP contribution in [-0.2, 0) is 11.3 Å². The molecule has 0 fully saturated rings. The third-order valence-electron chi connectivity index (χ3n) is 4.16. The van der Waals surface area contributed by atoms with E-state index in [1.54, 1.807) is 0 Å². The van der Waals surface area contributed by atoms with Crippen molar-refractivity contribution in [1.82, 2.24) is 0 Å². The Hall–Kier alpha value is -2.36. The Kier molecular flexibility index (Phi) is 5.69. The Labute approximate surface area is 151 Å². The van der Waals surface area contributed by atoms with Crippen LogP contribution in [0.2, 0.25) is 13.1 Å². The average molecular weight is 349 g/mol. The lowest BCUT2D eigenvalue weighted by Crippen LogP contribution is -2.46. The molecule has 0 aromatic heterocycles. The van der Waals surface area contributed by atoms with E-state index in [9.17, 15) is 0 Å². The summed E-state index contributed by atoms with van der Waals surface area (Å²) in [6, 6.07) is 28.6. The van der Waals surface area contributed by atoms with Crippen molar-refractivity contribution in [2.45, 2.75) is 19.7 Å². The van der Waals surface area contributed by atoms with E-state index >= 15 is 0 Å². The van der Waals surface area contributed by atoms with Crippen LogP contribution in [-0.4, -0.2) is 14.3 Å². The van der Waals surface area contributed by atoms with Crippen molar-refractivity contribution in [3.8, 4) is 11.5 Å². The first-order valence-corrected chi connectivity index (χ1v) is 11.8. The highest BCUT2D eigenvalue weighted by Crippen LogP contribution is 2.22. The largest absolute Gasteiger partial charge is 0.457 e. The molecule has 3 aromatic rings. The zero-order chi connectivity index (χ0) is 17.5. The molecule has 0 N–H and O–H groups in total. The number of hydrogen-bond acceptors (Lipinski definition) is 2. The molecule has 0 unspecified atom stereocenters. The number of hydrogen-bond donors (Lipinski definition) is 0. The van der Waals surface area contributed by atoms with Gasteiger partial charge < -0.3 is 9.47 Å². The van der Waals surface area contributed by atoms with Crippen molar-refractivity contribution >= 4 is 13.3 Å². The molecule has 0 spiro atoms. The average Bonchev–Trinajstić information content (AvgIpc) is 2.63. The van der Waals surface area contributed by atoms with Gasteiger partial charge in [-0.3, -0.25) is 0 Å². The van der Waals surface area contributed by atoms with Gasteiger partial charge in [-0.25, -0.2) is 0 Å². The molecule has 3 rings (SSSR count). The van der Waals surface area contributed by atoms with E-state index in [4.69, 9.17) is 9.47 Å². The molecule has 0 bridgehead atoms. The second-order valence-corrected chi connectivity index (χ2v) is 11.4. The number of ether oxygens (including phenoxy) is 2. The fourth-order valence-corrected chi connectivity index (χ4v) is 4.59. The van der Waals surface area contributed by atoms with Gasteiger partial charge in [0, 0.05) is 6.23 Å². The Morgan fingerprint density at radius 2 is 1.36 bits per heavy atom. The van der Waals surface area contributed by atoms with Crippen molar-refractivity contribution in [3.63, 3.8) is 0 Å². The van der Waals surface area contributed by atoms with Gasteiger partial charge in [-0.05, 0) is 29.8 Å². The molecular weight excluding hydrogens is 324 g/mol. The summed E-state index contributed by atoms with van der Waals surface area (Å²) in [5.74, 6) is 1.69. The predicted molar refractivity (Wildman–Crippen MR) is 106 cm³/mol. The highest BCUT2D eigenvalue weighted by molar-refractivity contribution is 6.89. The molecule has 0 radical (unpaired) electrons. The van der Waals surface area contributed by atoms with E-state index in [1.807, 2.05) is 48.5 Å². The van der Waals surface area contributed by atoms with Gasteiger partial charge in [0.05, 0.1) is 6.61 Å². The van der Waals surface area contributed by atoms with Crippen molar-refractivity contribution < 1.29 is 9.47 Å². The first kappa shape index (κ1) is 17.5. The maximum Gasteiger partial charge on any atom is 0.127 e. The molecule has 0 atom stereocenters. The van der Waals surface area contributed by atoms with Gasteiger partial charge in [0.25, 0.3) is 0 Å². The SMILES string of the molecule is C[Si](C)(COCc1cccc(Oc2ccccc2)c1)c1ccccc1. The zero-order valence-electron chi connectivity index (χ0n) is 14.8. The molecule has 0 aliphatic carbocycles. The highest BCUT2D eigenvalue weighted by atomic mass is 28.3. The molecule has 0 saturated heterocycles. The normalized spacial score (nSPS) is 11.3. The Balaban J connectivity index is 1.58. The van der Waals surface area contributed by atoms with E-state index in [0.29, 0.717) is 6.61 Å². The van der Waals surface area contributed by atoms with Crippen molar-refractivity contribution in [2.24, 2.45) is 0 Å². The van der Waals surface area contributed by atoms with Crippen LogP contribution in [0, 0.1) is 0 Å². The molecule has 3 heteroatoms. The molecular formula is C22H24O2Si. The van der Waals surface area contributed by atoms with Gasteiger partial charge in [0.2, 0.25) is 0 Å². The van der Waals surface area contributed by atoms with Crippen molar-refractivity contribution in [1.29, 1.82) is 0 Å². The maximum atomic E-state index is 6.05. The monoisotopic (exact) mass is 348 g/mol. The fourth-order valence-electron chi connectivity index (χ4n) is 2.72. The first-order chi connectivity index (χ1) is 12.1. The van der Waals surface area contributed by atoms with Crippen LogP contribution in [0.4, 0.5) is 0 Å². The van der Waals surface area contributed by atoms with Crippen LogP contribution in [0.1, 0.15) is 5.56 Å². The van der Waals surface area contributed by atoms with E-state index in [2.05, 4.69) is 49.5 Å². The van der Waals surface area contributed by atoms with Gasteiger partial charge in [0.15, 0.2) is 0 Å². The second kappa shape index (κ2) is 8.14. The molecule has 0 amide bonds. The molecule has 0 aliphatic rings. The summed E-state index contributed by atoms with van der Waals surface area (Å²) in [6.07, 6.45) is 0.806. The minimum absolute atomic E-state index is 0.606. The van der Waals surface area contributed by atoms with Gasteiger partial charge in [0.1, 0.15) is 19.6 Å². The Bertz CT molecular complexity index is 785. The minimum atomic E-state index is -1.56. The molecule has 0 aliphatic heterocycles. The summed E-state index contributed by atoms with van der Waals surface area (Å²) in [5, 5.41) is 1.43. The Morgan fingerprint density at radius 3 is 2.08 bits per heavy atom. The minimum Gasteiger partial charge on any atom is -0.457 e. The van der Waals surface area contributed by atoms with Gasteiger partial charge in [-0.2, -0.15) is 0 Å². The van der Waals surface area contributed by atoms with Crippen LogP contribution in [0.5, 0.6) is 11.5 Å². The maximum absolute atomic E-state index is 6.05. The molecule has 2 nitrogen and oxygen atoms in total. The number of rotatable bonds is 7. The predicted octanol–water partition coefficient (Wildman–Crippen LogP) is 5.15. The van der Waals surface area contributed by atoms with E-state index in [0.717, 1.165) is 23.3 Å². The molecule has 0 saturated carbocycles. The first-order valence-electron chi connectivity index (χ1n) is 8.59. The molecule has 3 aromatic carbocycles. The topological polar surface area (TPSA) is 18.5 Å². The van der Waals surface area contributed by atoms with Crippen molar-refractivity contribution in [2.75, 3.05) is 6.23 Å². The van der Waals surface area contributed by atoms with E-state index in [1.165, 1.54) is 5.19 Å². The van der Waals surface area contributed by atoms with Crippen LogP contribution < -0.4 is 9.92 Å². The molecule has 128 valence electrons.